The van der Waals surface area contributed by atoms with Crippen molar-refractivity contribution < 1.29 is 18.9 Å². The van der Waals surface area contributed by atoms with Gasteiger partial charge in [0.15, 0.2) is 11.5 Å². The topological polar surface area (TPSA) is 36.9 Å². The fourth-order valence-corrected chi connectivity index (χ4v) is 3.72. The molecule has 4 nitrogen and oxygen atoms in total. The van der Waals surface area contributed by atoms with E-state index in [1.165, 1.54) is 11.1 Å². The maximum absolute atomic E-state index is 6.18. The van der Waals surface area contributed by atoms with Gasteiger partial charge in [0.2, 0.25) is 5.75 Å². The minimum Gasteiger partial charge on any atom is -0.493 e. The summed E-state index contributed by atoms with van der Waals surface area (Å²) >= 11 is 0. The molecule has 1 saturated heterocycles. The van der Waals surface area contributed by atoms with Crippen LogP contribution in [0.4, 0.5) is 0 Å². The second kappa shape index (κ2) is 8.00. The largest absolute Gasteiger partial charge is 0.493 e. The summed E-state index contributed by atoms with van der Waals surface area (Å²) in [5.41, 5.74) is 3.72. The lowest BCUT2D eigenvalue weighted by Crippen LogP contribution is -2.14. The number of benzene rings is 2. The first-order valence-corrected chi connectivity index (χ1v) is 9.04. The van der Waals surface area contributed by atoms with E-state index in [2.05, 4.69) is 38.1 Å². The van der Waals surface area contributed by atoms with Gasteiger partial charge in [0.05, 0.1) is 34.0 Å². The van der Waals surface area contributed by atoms with E-state index in [-0.39, 0.29) is 6.10 Å². The van der Waals surface area contributed by atoms with Gasteiger partial charge in [0.25, 0.3) is 0 Å². The van der Waals surface area contributed by atoms with Gasteiger partial charge in [0.1, 0.15) is 0 Å². The number of aryl methyl sites for hydroxylation is 1. The van der Waals surface area contributed by atoms with Gasteiger partial charge in [-0.2, -0.15) is 0 Å². The summed E-state index contributed by atoms with van der Waals surface area (Å²) in [7, 11) is 4.90. The van der Waals surface area contributed by atoms with Crippen LogP contribution in [0.15, 0.2) is 36.4 Å². The van der Waals surface area contributed by atoms with Gasteiger partial charge < -0.3 is 18.9 Å². The van der Waals surface area contributed by atoms with Crippen molar-refractivity contribution >= 4 is 0 Å². The summed E-state index contributed by atoms with van der Waals surface area (Å²) in [5.74, 6) is 2.83. The summed E-state index contributed by atoms with van der Waals surface area (Å²) in [5, 5.41) is 0. The van der Waals surface area contributed by atoms with Crippen molar-refractivity contribution in [3.8, 4) is 17.2 Å². The van der Waals surface area contributed by atoms with Crippen LogP contribution >= 0.6 is 0 Å². The first-order valence-electron chi connectivity index (χ1n) is 9.04. The second-order valence-electron chi connectivity index (χ2n) is 7.02. The van der Waals surface area contributed by atoms with E-state index in [4.69, 9.17) is 18.9 Å². The number of methoxy groups -OCH3 is 3. The summed E-state index contributed by atoms with van der Waals surface area (Å²) in [6.07, 6.45) is 1.06. The van der Waals surface area contributed by atoms with Crippen LogP contribution in [-0.4, -0.2) is 27.9 Å². The van der Waals surface area contributed by atoms with Crippen molar-refractivity contribution in [1.82, 2.24) is 0 Å². The molecule has 1 aliphatic rings. The zero-order valence-electron chi connectivity index (χ0n) is 16.2. The Morgan fingerprint density at radius 2 is 1.58 bits per heavy atom. The zero-order valence-corrected chi connectivity index (χ0v) is 16.2. The lowest BCUT2D eigenvalue weighted by Gasteiger charge is -2.21. The number of hydrogen-bond acceptors (Lipinski definition) is 4. The van der Waals surface area contributed by atoms with E-state index < -0.39 is 0 Å². The van der Waals surface area contributed by atoms with Crippen LogP contribution in [0.3, 0.4) is 0 Å². The first kappa shape index (κ1) is 18.6. The first-order chi connectivity index (χ1) is 12.6. The van der Waals surface area contributed by atoms with Gasteiger partial charge in [-0.05, 0) is 48.4 Å². The molecule has 1 fully saturated rings. The third-order valence-corrected chi connectivity index (χ3v) is 5.35. The molecule has 1 heterocycles. The third kappa shape index (κ3) is 3.65. The molecule has 26 heavy (non-hydrogen) atoms. The van der Waals surface area contributed by atoms with Crippen LogP contribution in [0.1, 0.15) is 29.7 Å². The molecule has 0 N–H and O–H groups in total. The van der Waals surface area contributed by atoms with Gasteiger partial charge in [0, 0.05) is 0 Å². The molecule has 0 unspecified atom stereocenters. The maximum Gasteiger partial charge on any atom is 0.203 e. The third-order valence-electron chi connectivity index (χ3n) is 5.35. The van der Waals surface area contributed by atoms with E-state index >= 15 is 0 Å². The molecule has 140 valence electrons. The fourth-order valence-electron chi connectivity index (χ4n) is 3.72. The minimum absolute atomic E-state index is 0.0270. The Balaban J connectivity index is 1.81. The molecule has 0 radical (unpaired) electrons. The highest BCUT2D eigenvalue weighted by Crippen LogP contribution is 2.45. The Kier molecular flexibility index (Phi) is 5.72. The molecule has 0 aliphatic carbocycles. The highest BCUT2D eigenvalue weighted by molar-refractivity contribution is 5.54. The molecule has 3 atom stereocenters. The molecular formula is C22H28O4. The second-order valence-corrected chi connectivity index (χ2v) is 7.02. The van der Waals surface area contributed by atoms with Gasteiger partial charge in [-0.25, -0.2) is 0 Å². The molecule has 0 amide bonds. The number of ether oxygens (including phenoxy) is 4. The summed E-state index contributed by atoms with van der Waals surface area (Å²) < 4.78 is 22.6. The van der Waals surface area contributed by atoms with Crippen molar-refractivity contribution in [3.05, 3.63) is 53.1 Å². The molecule has 0 spiro atoms. The van der Waals surface area contributed by atoms with Crippen LogP contribution in [0.5, 0.6) is 17.2 Å². The maximum atomic E-state index is 6.18. The average molecular weight is 356 g/mol. The lowest BCUT2D eigenvalue weighted by atomic mass is 9.85. The Morgan fingerprint density at radius 3 is 2.12 bits per heavy atom. The standard InChI is InChI=1S/C22H28O4/c1-14-6-8-16(9-7-14)10-18-13-26-21(15(18)2)17-11-19(23-3)22(25-5)20(12-17)24-4/h6-9,11-12,15,18,21H,10,13H2,1-5H3/t15-,18-,21-/m0/s1. The molecule has 0 bridgehead atoms. The average Bonchev–Trinajstić information content (AvgIpc) is 3.02. The Labute approximate surface area is 156 Å². The predicted octanol–water partition coefficient (Wildman–Crippen LogP) is 4.59. The van der Waals surface area contributed by atoms with E-state index in [9.17, 15) is 0 Å². The van der Waals surface area contributed by atoms with Crippen LogP contribution in [-0.2, 0) is 11.2 Å². The molecule has 0 saturated carbocycles. The van der Waals surface area contributed by atoms with Gasteiger partial charge in [-0.15, -0.1) is 0 Å². The van der Waals surface area contributed by atoms with Crippen LogP contribution in [0.2, 0.25) is 0 Å². The SMILES string of the molecule is COc1cc([C@H]2OC[C@H](Cc3ccc(C)cc3)[C@@H]2C)cc(OC)c1OC. The van der Waals surface area contributed by atoms with Gasteiger partial charge in [-0.3, -0.25) is 0 Å². The normalized spacial score (nSPS) is 22.3. The lowest BCUT2D eigenvalue weighted by molar-refractivity contribution is 0.0929. The van der Waals surface area contributed by atoms with E-state index in [1.54, 1.807) is 21.3 Å². The Hall–Kier alpha value is -2.20. The molecule has 3 rings (SSSR count). The van der Waals surface area contributed by atoms with Gasteiger partial charge in [-0.1, -0.05) is 36.8 Å². The monoisotopic (exact) mass is 356 g/mol. The zero-order chi connectivity index (χ0) is 18.7. The van der Waals surface area contributed by atoms with Crippen molar-refractivity contribution in [2.45, 2.75) is 26.4 Å². The van der Waals surface area contributed by atoms with E-state index in [0.717, 1.165) is 18.6 Å². The molecule has 2 aromatic carbocycles. The van der Waals surface area contributed by atoms with E-state index in [1.807, 2.05) is 12.1 Å². The predicted molar refractivity (Wildman–Crippen MR) is 102 cm³/mol. The molecule has 0 aromatic heterocycles. The minimum atomic E-state index is 0.0270. The van der Waals surface area contributed by atoms with Crippen molar-refractivity contribution in [1.29, 1.82) is 0 Å². The Bertz CT molecular complexity index is 713. The van der Waals surface area contributed by atoms with Crippen molar-refractivity contribution in [3.63, 3.8) is 0 Å². The number of rotatable bonds is 6. The molecule has 2 aromatic rings. The van der Waals surface area contributed by atoms with Crippen molar-refractivity contribution in [2.24, 2.45) is 11.8 Å². The highest BCUT2D eigenvalue weighted by atomic mass is 16.5. The molecule has 1 aliphatic heterocycles. The Morgan fingerprint density at radius 1 is 0.962 bits per heavy atom. The van der Waals surface area contributed by atoms with Crippen LogP contribution in [0, 0.1) is 18.8 Å². The van der Waals surface area contributed by atoms with Crippen LogP contribution in [0.25, 0.3) is 0 Å². The summed E-state index contributed by atoms with van der Waals surface area (Å²) in [6.45, 7) is 5.14. The quantitative estimate of drug-likeness (QED) is 0.759. The summed E-state index contributed by atoms with van der Waals surface area (Å²) in [4.78, 5) is 0. The fraction of sp³-hybridized carbons (Fsp3) is 0.455. The molecular weight excluding hydrogens is 328 g/mol. The summed E-state index contributed by atoms with van der Waals surface area (Å²) in [6, 6.07) is 12.8. The van der Waals surface area contributed by atoms with E-state index in [0.29, 0.717) is 29.1 Å². The highest BCUT2D eigenvalue weighted by Gasteiger charge is 2.35. The number of hydrogen-bond donors (Lipinski definition) is 0. The van der Waals surface area contributed by atoms with Crippen molar-refractivity contribution in [2.75, 3.05) is 27.9 Å². The van der Waals surface area contributed by atoms with Crippen LogP contribution < -0.4 is 14.2 Å². The smallest absolute Gasteiger partial charge is 0.203 e. The molecule has 4 heteroatoms. The van der Waals surface area contributed by atoms with Gasteiger partial charge >= 0.3 is 0 Å².